The molecule has 1 aromatic heterocycles. The third kappa shape index (κ3) is 3.01. The zero-order valence-electron chi connectivity index (χ0n) is 15.8. The first-order valence-electron chi connectivity index (χ1n) is 10.0. The molecule has 2 amide bonds. The van der Waals surface area contributed by atoms with Gasteiger partial charge in [0.25, 0.3) is 5.91 Å². The molecule has 2 N–H and O–H groups in total. The van der Waals surface area contributed by atoms with Crippen LogP contribution in [0.1, 0.15) is 73.8 Å². The van der Waals surface area contributed by atoms with Crippen LogP contribution in [0, 0.1) is 23.2 Å². The molecule has 5 rings (SSSR count). The fourth-order valence-corrected chi connectivity index (χ4v) is 6.04. The minimum absolute atomic E-state index is 0.0902. The van der Waals surface area contributed by atoms with Crippen molar-refractivity contribution in [2.24, 2.45) is 23.2 Å². The summed E-state index contributed by atoms with van der Waals surface area (Å²) >= 11 is 0. The Hall–Kier alpha value is -1.91. The molecule has 4 aliphatic rings. The van der Waals surface area contributed by atoms with Crippen LogP contribution in [-0.4, -0.2) is 23.8 Å². The Morgan fingerprint density at radius 1 is 1.15 bits per heavy atom. The number of hydrogen-bond donors (Lipinski definition) is 2. The Balaban J connectivity index is 1.52. The highest BCUT2D eigenvalue weighted by Crippen LogP contribution is 2.60. The Labute approximate surface area is 155 Å². The molecule has 1 unspecified atom stereocenters. The fourth-order valence-electron chi connectivity index (χ4n) is 6.04. The SMILES string of the molecule is CCC(NC(=O)C12CC3CC(CC(C3)C1)C2)c1cncc(C(=O)NC)c1. The van der Waals surface area contributed by atoms with Crippen molar-refractivity contribution in [2.45, 2.75) is 57.9 Å². The number of aromatic nitrogens is 1. The fraction of sp³-hybridized carbons (Fsp3) is 0.667. The van der Waals surface area contributed by atoms with Crippen molar-refractivity contribution in [3.8, 4) is 0 Å². The molecule has 4 fully saturated rings. The minimum Gasteiger partial charge on any atom is -0.355 e. The number of rotatable bonds is 5. The summed E-state index contributed by atoms with van der Waals surface area (Å²) in [7, 11) is 1.61. The third-order valence-electron chi connectivity index (χ3n) is 6.88. The van der Waals surface area contributed by atoms with Crippen molar-refractivity contribution in [3.05, 3.63) is 29.6 Å². The van der Waals surface area contributed by atoms with Crippen molar-refractivity contribution in [1.82, 2.24) is 15.6 Å². The molecule has 0 spiro atoms. The van der Waals surface area contributed by atoms with Gasteiger partial charge in [-0.2, -0.15) is 0 Å². The maximum Gasteiger partial charge on any atom is 0.252 e. The Bertz CT molecular complexity index is 680. The highest BCUT2D eigenvalue weighted by molar-refractivity contribution is 5.93. The summed E-state index contributed by atoms with van der Waals surface area (Å²) in [5.74, 6) is 2.34. The summed E-state index contributed by atoms with van der Waals surface area (Å²) in [6.07, 6.45) is 11.3. The molecule has 0 radical (unpaired) electrons. The molecular weight excluding hydrogens is 326 g/mol. The normalized spacial score (nSPS) is 32.9. The second kappa shape index (κ2) is 6.67. The zero-order valence-corrected chi connectivity index (χ0v) is 15.8. The van der Waals surface area contributed by atoms with Crippen LogP contribution in [0.25, 0.3) is 0 Å². The van der Waals surface area contributed by atoms with Crippen molar-refractivity contribution in [2.75, 3.05) is 7.05 Å². The molecule has 0 saturated heterocycles. The molecule has 1 aromatic rings. The summed E-state index contributed by atoms with van der Waals surface area (Å²) < 4.78 is 0. The van der Waals surface area contributed by atoms with Gasteiger partial charge in [-0.1, -0.05) is 6.92 Å². The predicted octanol–water partition coefficient (Wildman–Crippen LogP) is 3.22. The lowest BCUT2D eigenvalue weighted by Crippen LogP contribution is -2.54. The lowest BCUT2D eigenvalue weighted by molar-refractivity contribution is -0.147. The summed E-state index contributed by atoms with van der Waals surface area (Å²) in [5, 5.41) is 5.94. The molecule has 5 nitrogen and oxygen atoms in total. The van der Waals surface area contributed by atoms with Crippen LogP contribution >= 0.6 is 0 Å². The van der Waals surface area contributed by atoms with E-state index in [1.54, 1.807) is 19.4 Å². The van der Waals surface area contributed by atoms with Crippen molar-refractivity contribution in [1.29, 1.82) is 0 Å². The third-order valence-corrected chi connectivity index (χ3v) is 6.88. The second-order valence-electron chi connectivity index (χ2n) is 8.72. The van der Waals surface area contributed by atoms with Crippen LogP contribution in [-0.2, 0) is 4.79 Å². The number of nitrogens with zero attached hydrogens (tertiary/aromatic N) is 1. The molecule has 5 heteroatoms. The number of hydrogen-bond acceptors (Lipinski definition) is 3. The first-order chi connectivity index (χ1) is 12.5. The minimum atomic E-state index is -0.151. The van der Waals surface area contributed by atoms with Crippen molar-refractivity contribution < 1.29 is 9.59 Å². The van der Waals surface area contributed by atoms with Crippen molar-refractivity contribution in [3.63, 3.8) is 0 Å². The first-order valence-corrected chi connectivity index (χ1v) is 10.0. The van der Waals surface area contributed by atoms with Gasteiger partial charge in [-0.15, -0.1) is 0 Å². The Morgan fingerprint density at radius 2 is 1.77 bits per heavy atom. The number of amides is 2. The summed E-state index contributed by atoms with van der Waals surface area (Å²) in [6, 6.07) is 1.76. The van der Waals surface area contributed by atoms with E-state index in [0.29, 0.717) is 5.56 Å². The van der Waals surface area contributed by atoms with E-state index in [0.717, 1.165) is 49.0 Å². The molecule has 26 heavy (non-hydrogen) atoms. The number of nitrogens with one attached hydrogen (secondary N) is 2. The van der Waals surface area contributed by atoms with Gasteiger partial charge in [0.15, 0.2) is 0 Å². The van der Waals surface area contributed by atoms with Gasteiger partial charge in [-0.05, 0) is 74.3 Å². The van der Waals surface area contributed by atoms with E-state index in [-0.39, 0.29) is 23.3 Å². The molecule has 1 heterocycles. The van der Waals surface area contributed by atoms with Crippen LogP contribution in [0.15, 0.2) is 18.5 Å². The standard InChI is InChI=1S/C21H29N3O2/c1-3-18(16-7-17(12-23-11-16)19(25)22-2)24-20(26)21-8-13-4-14(9-21)6-15(5-13)10-21/h7,11-15,18H,3-6,8-10H2,1-2H3,(H,22,25)(H,24,26). The maximum absolute atomic E-state index is 13.3. The number of pyridine rings is 1. The monoisotopic (exact) mass is 355 g/mol. The number of carbonyl (C=O) groups excluding carboxylic acids is 2. The molecule has 1 atom stereocenters. The summed E-state index contributed by atoms with van der Waals surface area (Å²) in [5.41, 5.74) is 1.30. The van der Waals surface area contributed by atoms with Gasteiger partial charge < -0.3 is 10.6 Å². The van der Waals surface area contributed by atoms with Gasteiger partial charge in [0.2, 0.25) is 5.91 Å². The van der Waals surface area contributed by atoms with Crippen LogP contribution in [0.5, 0.6) is 0 Å². The van der Waals surface area contributed by atoms with Crippen LogP contribution in [0.3, 0.4) is 0 Å². The zero-order chi connectivity index (χ0) is 18.3. The van der Waals surface area contributed by atoms with E-state index in [4.69, 9.17) is 0 Å². The van der Waals surface area contributed by atoms with Gasteiger partial charge in [-0.3, -0.25) is 14.6 Å². The topological polar surface area (TPSA) is 71.1 Å². The summed E-state index contributed by atoms with van der Waals surface area (Å²) in [6.45, 7) is 2.07. The Kier molecular flexibility index (Phi) is 4.49. The van der Waals surface area contributed by atoms with Crippen molar-refractivity contribution >= 4 is 11.8 Å². The molecule has 4 saturated carbocycles. The Morgan fingerprint density at radius 3 is 2.31 bits per heavy atom. The average molecular weight is 355 g/mol. The molecule has 0 aromatic carbocycles. The first kappa shape index (κ1) is 17.5. The van der Waals surface area contributed by atoms with Gasteiger partial charge in [0, 0.05) is 24.9 Å². The lowest BCUT2D eigenvalue weighted by Gasteiger charge is -2.55. The van der Waals surface area contributed by atoms with Crippen LogP contribution in [0.2, 0.25) is 0 Å². The number of carbonyl (C=O) groups is 2. The summed E-state index contributed by atoms with van der Waals surface area (Å²) in [4.78, 5) is 29.4. The van der Waals surface area contributed by atoms with Gasteiger partial charge >= 0.3 is 0 Å². The van der Waals surface area contributed by atoms with Gasteiger partial charge in [0.1, 0.15) is 0 Å². The molecule has 0 aliphatic heterocycles. The molecule has 140 valence electrons. The van der Waals surface area contributed by atoms with E-state index in [1.165, 1.54) is 19.3 Å². The van der Waals surface area contributed by atoms with Gasteiger partial charge in [-0.25, -0.2) is 0 Å². The molecule has 4 aliphatic carbocycles. The predicted molar refractivity (Wildman–Crippen MR) is 99.4 cm³/mol. The molecule has 4 bridgehead atoms. The van der Waals surface area contributed by atoms with Gasteiger partial charge in [0.05, 0.1) is 11.6 Å². The maximum atomic E-state index is 13.3. The highest BCUT2D eigenvalue weighted by atomic mass is 16.2. The second-order valence-corrected chi connectivity index (χ2v) is 8.72. The highest BCUT2D eigenvalue weighted by Gasteiger charge is 2.54. The molecular formula is C21H29N3O2. The smallest absolute Gasteiger partial charge is 0.252 e. The largest absolute Gasteiger partial charge is 0.355 e. The van der Waals surface area contributed by atoms with Crippen LogP contribution < -0.4 is 10.6 Å². The van der Waals surface area contributed by atoms with Crippen LogP contribution in [0.4, 0.5) is 0 Å². The van der Waals surface area contributed by atoms with E-state index in [2.05, 4.69) is 22.5 Å². The average Bonchev–Trinajstić information content (AvgIpc) is 2.64. The lowest BCUT2D eigenvalue weighted by atomic mass is 9.49. The quantitative estimate of drug-likeness (QED) is 0.852. The van der Waals surface area contributed by atoms with E-state index >= 15 is 0 Å². The van der Waals surface area contributed by atoms with E-state index < -0.39 is 0 Å². The van der Waals surface area contributed by atoms with E-state index in [1.807, 2.05) is 6.07 Å². The van der Waals surface area contributed by atoms with E-state index in [9.17, 15) is 9.59 Å².